The van der Waals surface area contributed by atoms with Crippen molar-refractivity contribution < 1.29 is 23.8 Å². The predicted octanol–water partition coefficient (Wildman–Crippen LogP) is 4.21. The molecule has 12 atom stereocenters. The minimum Gasteiger partial charge on any atom is -0.458 e. The van der Waals surface area contributed by atoms with Crippen LogP contribution < -0.4 is 0 Å². The maximum absolute atomic E-state index is 12.5. The van der Waals surface area contributed by atoms with Crippen LogP contribution in [0.1, 0.15) is 47.0 Å². The summed E-state index contributed by atoms with van der Waals surface area (Å²) in [5, 5.41) is 0. The van der Waals surface area contributed by atoms with Crippen LogP contribution in [0.2, 0.25) is 0 Å². The molecule has 0 radical (unpaired) electrons. The minimum absolute atomic E-state index is 0.277. The Morgan fingerprint density at radius 1 is 0.759 bits per heavy atom. The summed E-state index contributed by atoms with van der Waals surface area (Å²) in [6, 6.07) is 0. The zero-order chi connectivity index (χ0) is 20.2. The van der Waals surface area contributed by atoms with E-state index in [1.54, 1.807) is 0 Å². The third-order valence-corrected chi connectivity index (χ3v) is 9.17. The highest BCUT2D eigenvalue weighted by Gasteiger charge is 2.74. The fourth-order valence-corrected chi connectivity index (χ4v) is 9.05. The molecule has 5 fully saturated rings. The van der Waals surface area contributed by atoms with Gasteiger partial charge in [-0.05, 0) is 87.4 Å². The molecule has 5 saturated carbocycles. The van der Waals surface area contributed by atoms with Crippen LogP contribution in [0.3, 0.4) is 0 Å². The number of hydrogen-bond acceptors (Lipinski definition) is 5. The summed E-state index contributed by atoms with van der Waals surface area (Å²) in [5.74, 6) is 6.39. The van der Waals surface area contributed by atoms with E-state index in [0.29, 0.717) is 23.7 Å². The van der Waals surface area contributed by atoms with Crippen molar-refractivity contribution in [3.8, 4) is 0 Å². The van der Waals surface area contributed by atoms with Gasteiger partial charge in [-0.15, -0.1) is 0 Å². The summed E-state index contributed by atoms with van der Waals surface area (Å²) in [7, 11) is 0. The third kappa shape index (κ3) is 2.45. The molecule has 6 bridgehead atoms. The van der Waals surface area contributed by atoms with E-state index in [-0.39, 0.29) is 18.2 Å². The van der Waals surface area contributed by atoms with Crippen LogP contribution in [-0.4, -0.2) is 29.9 Å². The maximum Gasteiger partial charge on any atom is 0.509 e. The zero-order valence-electron chi connectivity index (χ0n) is 17.7. The lowest BCUT2D eigenvalue weighted by Crippen LogP contribution is -2.51. The standard InChI is InChI=1S/C24H32O5/c1-10(25)27-21-15-9-16(22(21)28-23(26)29-24(2,3)4)20-14-8-13(19(15)20)17-11-5-6-12(7-11)18(14)17/h5-6,11-22H,7-9H2,1-4H3. The van der Waals surface area contributed by atoms with Gasteiger partial charge in [-0.3, -0.25) is 4.79 Å². The number of rotatable bonds is 2. The van der Waals surface area contributed by atoms with Gasteiger partial charge in [0.15, 0.2) is 0 Å². The molecule has 0 aromatic heterocycles. The molecule has 158 valence electrons. The topological polar surface area (TPSA) is 61.8 Å². The first-order valence-corrected chi connectivity index (χ1v) is 11.5. The lowest BCUT2D eigenvalue weighted by Gasteiger charge is -2.47. The SMILES string of the molecule is CC(=O)OC1C2CC(C1OC(=O)OC(C)(C)C)C1C3CC(C4C5C=CC(C5)C34)C21. The van der Waals surface area contributed by atoms with Gasteiger partial charge in [0.2, 0.25) is 0 Å². The molecule has 6 aliphatic rings. The lowest BCUT2D eigenvalue weighted by molar-refractivity contribution is -0.167. The van der Waals surface area contributed by atoms with Crippen molar-refractivity contribution >= 4 is 12.1 Å². The van der Waals surface area contributed by atoms with Crippen LogP contribution in [0.25, 0.3) is 0 Å². The van der Waals surface area contributed by atoms with E-state index in [2.05, 4.69) is 12.2 Å². The monoisotopic (exact) mass is 400 g/mol. The molecule has 0 aliphatic heterocycles. The van der Waals surface area contributed by atoms with Gasteiger partial charge in [-0.2, -0.15) is 0 Å². The molecule has 0 amide bonds. The Labute approximate surface area is 172 Å². The highest BCUT2D eigenvalue weighted by atomic mass is 16.7. The second-order valence-corrected chi connectivity index (χ2v) is 11.5. The Balaban J connectivity index is 1.28. The van der Waals surface area contributed by atoms with E-state index < -0.39 is 11.8 Å². The summed E-state index contributed by atoms with van der Waals surface area (Å²) in [4.78, 5) is 24.3. The van der Waals surface area contributed by atoms with Gasteiger partial charge in [-0.25, -0.2) is 4.79 Å². The second-order valence-electron chi connectivity index (χ2n) is 11.5. The Morgan fingerprint density at radius 3 is 1.79 bits per heavy atom. The first-order valence-electron chi connectivity index (χ1n) is 11.5. The quantitative estimate of drug-likeness (QED) is 0.395. The summed E-state index contributed by atoms with van der Waals surface area (Å²) < 4.78 is 17.1. The zero-order valence-corrected chi connectivity index (χ0v) is 17.7. The van der Waals surface area contributed by atoms with Crippen LogP contribution in [-0.2, 0) is 19.0 Å². The smallest absolute Gasteiger partial charge is 0.458 e. The third-order valence-electron chi connectivity index (χ3n) is 9.17. The Morgan fingerprint density at radius 2 is 1.28 bits per heavy atom. The number of esters is 1. The van der Waals surface area contributed by atoms with Crippen LogP contribution in [0.4, 0.5) is 4.79 Å². The number of ether oxygens (including phenoxy) is 3. The molecule has 6 aliphatic carbocycles. The maximum atomic E-state index is 12.5. The van der Waals surface area contributed by atoms with Crippen LogP contribution in [0.5, 0.6) is 0 Å². The number of hydrogen-bond donors (Lipinski definition) is 0. The van der Waals surface area contributed by atoms with Gasteiger partial charge in [0, 0.05) is 18.8 Å². The molecule has 0 N–H and O–H groups in total. The van der Waals surface area contributed by atoms with Crippen molar-refractivity contribution in [1.29, 1.82) is 0 Å². The van der Waals surface area contributed by atoms with Gasteiger partial charge < -0.3 is 14.2 Å². The molecular formula is C24H32O5. The van der Waals surface area contributed by atoms with Gasteiger partial charge in [0.25, 0.3) is 0 Å². The fraction of sp³-hybridized carbons (Fsp3) is 0.833. The summed E-state index contributed by atoms with van der Waals surface area (Å²) in [6.45, 7) is 6.99. The lowest BCUT2D eigenvalue weighted by atomic mass is 9.60. The van der Waals surface area contributed by atoms with Crippen molar-refractivity contribution in [1.82, 2.24) is 0 Å². The van der Waals surface area contributed by atoms with Crippen LogP contribution in [0, 0.1) is 59.2 Å². The predicted molar refractivity (Wildman–Crippen MR) is 105 cm³/mol. The van der Waals surface area contributed by atoms with E-state index in [9.17, 15) is 9.59 Å². The average molecular weight is 401 g/mol. The molecule has 0 aromatic rings. The molecule has 5 nitrogen and oxygen atoms in total. The largest absolute Gasteiger partial charge is 0.509 e. The number of allylic oxidation sites excluding steroid dienone is 2. The van der Waals surface area contributed by atoms with Crippen molar-refractivity contribution in [2.24, 2.45) is 59.2 Å². The molecule has 0 heterocycles. The van der Waals surface area contributed by atoms with Gasteiger partial charge in [0.05, 0.1) is 0 Å². The van der Waals surface area contributed by atoms with E-state index in [1.807, 2.05) is 20.8 Å². The van der Waals surface area contributed by atoms with Crippen LogP contribution in [0.15, 0.2) is 12.2 Å². The Kier molecular flexibility index (Phi) is 3.65. The summed E-state index contributed by atoms with van der Waals surface area (Å²) in [5.41, 5.74) is -0.594. The van der Waals surface area contributed by atoms with Crippen molar-refractivity contribution in [2.75, 3.05) is 0 Å². The second kappa shape index (κ2) is 5.79. The van der Waals surface area contributed by atoms with E-state index in [0.717, 1.165) is 41.9 Å². The number of fused-ring (bicyclic) bond motifs is 16. The number of carbonyl (C=O) groups excluding carboxylic acids is 2. The highest BCUT2D eigenvalue weighted by Crippen LogP contribution is 2.76. The average Bonchev–Trinajstić information content (AvgIpc) is 3.40. The molecule has 6 rings (SSSR count). The Hall–Kier alpha value is -1.52. The molecule has 0 aromatic carbocycles. The first-order chi connectivity index (χ1) is 13.7. The molecular weight excluding hydrogens is 368 g/mol. The van der Waals surface area contributed by atoms with Gasteiger partial charge in [-0.1, -0.05) is 12.2 Å². The Bertz CT molecular complexity index is 781. The summed E-state index contributed by atoms with van der Waals surface area (Å²) >= 11 is 0. The van der Waals surface area contributed by atoms with E-state index in [1.165, 1.54) is 19.8 Å². The van der Waals surface area contributed by atoms with Crippen LogP contribution >= 0.6 is 0 Å². The molecule has 0 spiro atoms. The van der Waals surface area contributed by atoms with Crippen molar-refractivity contribution in [2.45, 2.75) is 64.8 Å². The normalized spacial score (nSPS) is 52.6. The molecule has 5 heteroatoms. The molecule has 12 unspecified atom stereocenters. The molecule has 29 heavy (non-hydrogen) atoms. The molecule has 0 saturated heterocycles. The van der Waals surface area contributed by atoms with Crippen molar-refractivity contribution in [3.63, 3.8) is 0 Å². The highest BCUT2D eigenvalue weighted by molar-refractivity contribution is 5.66. The van der Waals surface area contributed by atoms with E-state index in [4.69, 9.17) is 14.2 Å². The first kappa shape index (κ1) is 18.3. The number of carbonyl (C=O) groups is 2. The van der Waals surface area contributed by atoms with Crippen molar-refractivity contribution in [3.05, 3.63) is 12.2 Å². The fourth-order valence-electron chi connectivity index (χ4n) is 9.05. The van der Waals surface area contributed by atoms with Gasteiger partial charge in [0.1, 0.15) is 17.8 Å². The summed E-state index contributed by atoms with van der Waals surface area (Å²) in [6.07, 6.45) is 7.37. The minimum atomic E-state index is -0.632. The van der Waals surface area contributed by atoms with Gasteiger partial charge >= 0.3 is 12.1 Å². The van der Waals surface area contributed by atoms with E-state index >= 15 is 0 Å².